The summed E-state index contributed by atoms with van der Waals surface area (Å²) in [5.41, 5.74) is 7.49. The number of nitrogens with zero attached hydrogens (tertiary/aromatic N) is 1. The highest BCUT2D eigenvalue weighted by atomic mass is 35.5. The van der Waals surface area contributed by atoms with Gasteiger partial charge in [-0.3, -0.25) is 4.98 Å². The van der Waals surface area contributed by atoms with E-state index >= 15 is 0 Å². The smallest absolute Gasteiger partial charge is 0.0621 e. The van der Waals surface area contributed by atoms with Gasteiger partial charge in [-0.2, -0.15) is 0 Å². The first-order valence-electron chi connectivity index (χ1n) is 7.04. The summed E-state index contributed by atoms with van der Waals surface area (Å²) in [5, 5.41) is 0.746. The van der Waals surface area contributed by atoms with E-state index in [2.05, 4.69) is 11.9 Å². The number of hydrogen-bond acceptors (Lipinski definition) is 2. The Balaban J connectivity index is 1.89. The van der Waals surface area contributed by atoms with Crippen molar-refractivity contribution in [3.8, 4) is 0 Å². The Hall–Kier alpha value is -0.600. The topological polar surface area (TPSA) is 38.9 Å². The molecule has 0 radical (unpaired) electrons. The number of halogens is 1. The molecule has 0 aliphatic heterocycles. The minimum atomic E-state index is 0.239. The van der Waals surface area contributed by atoms with Gasteiger partial charge in [0.1, 0.15) is 0 Å². The fourth-order valence-corrected chi connectivity index (χ4v) is 3.21. The maximum absolute atomic E-state index is 6.36. The van der Waals surface area contributed by atoms with Gasteiger partial charge in [0, 0.05) is 18.4 Å². The highest BCUT2D eigenvalue weighted by Gasteiger charge is 2.25. The second-order valence-electron chi connectivity index (χ2n) is 5.52. The van der Waals surface area contributed by atoms with Gasteiger partial charge in [-0.05, 0) is 42.7 Å². The first kappa shape index (κ1) is 13.8. The van der Waals surface area contributed by atoms with Gasteiger partial charge in [0.2, 0.25) is 0 Å². The predicted octanol–water partition coefficient (Wildman–Crippen LogP) is 3.82. The van der Waals surface area contributed by atoms with Crippen LogP contribution in [0.2, 0.25) is 5.02 Å². The Kier molecular flexibility index (Phi) is 5.02. The molecule has 3 heteroatoms. The van der Waals surface area contributed by atoms with Gasteiger partial charge < -0.3 is 5.73 Å². The van der Waals surface area contributed by atoms with Crippen LogP contribution in [0.4, 0.5) is 0 Å². The maximum atomic E-state index is 6.36. The van der Waals surface area contributed by atoms with Gasteiger partial charge in [-0.25, -0.2) is 0 Å². The molecule has 18 heavy (non-hydrogen) atoms. The molecular weight excluding hydrogens is 244 g/mol. The van der Waals surface area contributed by atoms with Crippen LogP contribution in [-0.4, -0.2) is 11.0 Å². The van der Waals surface area contributed by atoms with Crippen molar-refractivity contribution >= 4 is 11.6 Å². The minimum absolute atomic E-state index is 0.239. The molecular formula is C15H23ClN2. The van der Waals surface area contributed by atoms with Crippen LogP contribution in [0.3, 0.4) is 0 Å². The lowest BCUT2D eigenvalue weighted by molar-refractivity contribution is 0.238. The third kappa shape index (κ3) is 3.46. The molecule has 1 heterocycles. The first-order chi connectivity index (χ1) is 8.70. The molecule has 1 fully saturated rings. The van der Waals surface area contributed by atoms with Crippen molar-refractivity contribution in [1.29, 1.82) is 0 Å². The summed E-state index contributed by atoms with van der Waals surface area (Å²) >= 11 is 6.13. The summed E-state index contributed by atoms with van der Waals surface area (Å²) in [7, 11) is 0. The van der Waals surface area contributed by atoms with E-state index in [4.69, 9.17) is 17.3 Å². The molecule has 1 unspecified atom stereocenters. The Bertz CT molecular complexity index is 373. The SMILES string of the molecule is CCC1CCC(C(N)Cc2ccncc2Cl)CC1. The van der Waals surface area contributed by atoms with Crippen LogP contribution in [0, 0.1) is 11.8 Å². The zero-order chi connectivity index (χ0) is 13.0. The van der Waals surface area contributed by atoms with Crippen molar-refractivity contribution in [3.05, 3.63) is 29.0 Å². The van der Waals surface area contributed by atoms with E-state index in [1.165, 1.54) is 32.1 Å². The fraction of sp³-hybridized carbons (Fsp3) is 0.667. The predicted molar refractivity (Wildman–Crippen MR) is 76.7 cm³/mol. The highest BCUT2D eigenvalue weighted by molar-refractivity contribution is 6.31. The van der Waals surface area contributed by atoms with Crippen molar-refractivity contribution in [3.63, 3.8) is 0 Å². The normalized spacial score (nSPS) is 25.9. The van der Waals surface area contributed by atoms with E-state index in [-0.39, 0.29) is 6.04 Å². The Labute approximate surface area is 115 Å². The number of hydrogen-bond donors (Lipinski definition) is 1. The zero-order valence-electron chi connectivity index (χ0n) is 11.1. The standard InChI is InChI=1S/C15H23ClN2/c1-2-11-3-5-12(6-4-11)15(17)9-13-7-8-18-10-14(13)16/h7-8,10-12,15H,2-6,9,17H2,1H3. The van der Waals surface area contributed by atoms with Gasteiger partial charge in [0.05, 0.1) is 5.02 Å². The summed E-state index contributed by atoms with van der Waals surface area (Å²) in [6, 6.07) is 2.22. The highest BCUT2D eigenvalue weighted by Crippen LogP contribution is 2.33. The Morgan fingerprint density at radius 1 is 1.39 bits per heavy atom. The molecule has 0 spiro atoms. The summed E-state index contributed by atoms with van der Waals surface area (Å²) in [5.74, 6) is 1.59. The lowest BCUT2D eigenvalue weighted by atomic mass is 9.76. The average Bonchev–Trinajstić information content (AvgIpc) is 2.41. The molecule has 100 valence electrons. The second-order valence-corrected chi connectivity index (χ2v) is 5.93. The summed E-state index contributed by atoms with van der Waals surface area (Å²) in [6.07, 6.45) is 10.9. The molecule has 1 saturated carbocycles. The monoisotopic (exact) mass is 266 g/mol. The molecule has 0 amide bonds. The lowest BCUT2D eigenvalue weighted by Gasteiger charge is -2.31. The number of pyridine rings is 1. The maximum Gasteiger partial charge on any atom is 0.0621 e. The fourth-order valence-electron chi connectivity index (χ4n) is 3.01. The molecule has 2 N–H and O–H groups in total. The zero-order valence-corrected chi connectivity index (χ0v) is 11.9. The molecule has 1 aliphatic carbocycles. The van der Waals surface area contributed by atoms with Crippen molar-refractivity contribution in [2.24, 2.45) is 17.6 Å². The quantitative estimate of drug-likeness (QED) is 0.900. The van der Waals surface area contributed by atoms with Crippen LogP contribution in [0.25, 0.3) is 0 Å². The average molecular weight is 267 g/mol. The van der Waals surface area contributed by atoms with E-state index in [0.717, 1.165) is 22.9 Å². The largest absolute Gasteiger partial charge is 0.327 e. The minimum Gasteiger partial charge on any atom is -0.327 e. The summed E-state index contributed by atoms with van der Waals surface area (Å²) in [4.78, 5) is 4.01. The van der Waals surface area contributed by atoms with Crippen LogP contribution >= 0.6 is 11.6 Å². The molecule has 1 aromatic heterocycles. The molecule has 0 aromatic carbocycles. The van der Waals surface area contributed by atoms with E-state index in [1.807, 2.05) is 6.07 Å². The van der Waals surface area contributed by atoms with Gasteiger partial charge in [0.25, 0.3) is 0 Å². The Morgan fingerprint density at radius 2 is 2.11 bits per heavy atom. The van der Waals surface area contributed by atoms with Crippen LogP contribution in [0.5, 0.6) is 0 Å². The lowest BCUT2D eigenvalue weighted by Crippen LogP contribution is -2.35. The van der Waals surface area contributed by atoms with Crippen LogP contribution < -0.4 is 5.73 Å². The van der Waals surface area contributed by atoms with Gasteiger partial charge in [-0.15, -0.1) is 0 Å². The number of nitrogens with two attached hydrogens (primary N) is 1. The third-order valence-electron chi connectivity index (χ3n) is 4.39. The third-order valence-corrected chi connectivity index (χ3v) is 4.73. The summed E-state index contributed by atoms with van der Waals surface area (Å²) < 4.78 is 0. The van der Waals surface area contributed by atoms with E-state index in [0.29, 0.717) is 5.92 Å². The van der Waals surface area contributed by atoms with Gasteiger partial charge in [-0.1, -0.05) is 37.8 Å². The molecule has 2 nitrogen and oxygen atoms in total. The second kappa shape index (κ2) is 6.53. The molecule has 2 rings (SSSR count). The molecule has 1 atom stereocenters. The molecule has 1 aliphatic rings. The number of rotatable bonds is 4. The van der Waals surface area contributed by atoms with E-state index < -0.39 is 0 Å². The van der Waals surface area contributed by atoms with Crippen molar-refractivity contribution in [1.82, 2.24) is 4.98 Å². The molecule has 0 bridgehead atoms. The molecule has 1 aromatic rings. The molecule has 0 saturated heterocycles. The van der Waals surface area contributed by atoms with Crippen molar-refractivity contribution < 1.29 is 0 Å². The number of aromatic nitrogens is 1. The van der Waals surface area contributed by atoms with Crippen molar-refractivity contribution in [2.75, 3.05) is 0 Å². The first-order valence-corrected chi connectivity index (χ1v) is 7.42. The van der Waals surface area contributed by atoms with E-state index in [1.54, 1.807) is 12.4 Å². The van der Waals surface area contributed by atoms with Gasteiger partial charge >= 0.3 is 0 Å². The van der Waals surface area contributed by atoms with Gasteiger partial charge in [0.15, 0.2) is 0 Å². The summed E-state index contributed by atoms with van der Waals surface area (Å²) in [6.45, 7) is 2.29. The van der Waals surface area contributed by atoms with Crippen LogP contribution in [0.15, 0.2) is 18.5 Å². The van der Waals surface area contributed by atoms with Crippen molar-refractivity contribution in [2.45, 2.75) is 51.5 Å². The van der Waals surface area contributed by atoms with Crippen LogP contribution in [0.1, 0.15) is 44.6 Å². The Morgan fingerprint density at radius 3 is 2.72 bits per heavy atom. The van der Waals surface area contributed by atoms with E-state index in [9.17, 15) is 0 Å². The van der Waals surface area contributed by atoms with Crippen LogP contribution in [-0.2, 0) is 6.42 Å².